The molecular weight excluding hydrogens is 808 g/mol. The number of benzene rings is 4. The average Bonchev–Trinajstić information content (AvgIpc) is 3.95. The molecule has 18 heteroatoms. The molecule has 0 spiro atoms. The number of carbonyl (C=O) groups is 3. The number of rotatable bonds is 9. The van der Waals surface area contributed by atoms with Gasteiger partial charge in [-0.15, -0.1) is 0 Å². The summed E-state index contributed by atoms with van der Waals surface area (Å²) in [5, 5.41) is 18.8. The molecule has 3 amide bonds. The largest absolute Gasteiger partial charge is 0.495 e. The third-order valence-electron chi connectivity index (χ3n) is 10.4. The van der Waals surface area contributed by atoms with Crippen molar-refractivity contribution in [1.82, 2.24) is 10.2 Å². The van der Waals surface area contributed by atoms with Gasteiger partial charge in [0.05, 0.1) is 49.6 Å². The Morgan fingerprint density at radius 1 is 0.733 bits per heavy atom. The van der Waals surface area contributed by atoms with E-state index in [1.807, 2.05) is 6.07 Å². The first kappa shape index (κ1) is 43.8. The number of hydrogen-bond acceptors (Lipinski definition) is 7. The molecule has 60 heavy (non-hydrogen) atoms. The molecule has 10 nitrogen and oxygen atoms in total. The monoisotopic (exact) mass is 848 g/mol. The van der Waals surface area contributed by atoms with E-state index in [4.69, 9.17) is 9.47 Å². The van der Waals surface area contributed by atoms with E-state index in [1.165, 1.54) is 14.2 Å². The molecule has 0 saturated heterocycles. The van der Waals surface area contributed by atoms with Gasteiger partial charge in [0, 0.05) is 19.6 Å². The van der Waals surface area contributed by atoms with Gasteiger partial charge >= 0.3 is 12.4 Å². The summed E-state index contributed by atoms with van der Waals surface area (Å²) >= 11 is 0. The third kappa shape index (κ3) is 9.98. The molecule has 2 aliphatic heterocycles. The van der Waals surface area contributed by atoms with E-state index in [1.54, 1.807) is 23.1 Å². The van der Waals surface area contributed by atoms with Gasteiger partial charge in [0.25, 0.3) is 5.91 Å². The highest BCUT2D eigenvalue weighted by Gasteiger charge is 2.50. The molecule has 320 valence electrons. The Labute approximate surface area is 338 Å². The number of anilines is 2. The quantitative estimate of drug-likeness (QED) is 0.132. The average molecular weight is 849 g/mol. The number of alkyl halides is 6. The van der Waals surface area contributed by atoms with E-state index < -0.39 is 52.5 Å². The molecule has 0 radical (unpaired) electrons. The van der Waals surface area contributed by atoms with Gasteiger partial charge in [-0.1, -0.05) is 24.3 Å². The van der Waals surface area contributed by atoms with E-state index >= 15 is 0 Å². The van der Waals surface area contributed by atoms with Gasteiger partial charge < -0.3 is 35.4 Å². The number of ether oxygens (including phenoxy) is 2. The summed E-state index contributed by atoms with van der Waals surface area (Å²) in [5.41, 5.74) is 0.760. The van der Waals surface area contributed by atoms with Gasteiger partial charge in [-0.3, -0.25) is 14.4 Å². The maximum Gasteiger partial charge on any atom is 0.419 e. The maximum absolute atomic E-state index is 13.8. The highest BCUT2D eigenvalue weighted by Crippen LogP contribution is 2.40. The van der Waals surface area contributed by atoms with E-state index in [0.29, 0.717) is 79.8 Å². The second-order valence-corrected chi connectivity index (χ2v) is 14.6. The number of carbonyl (C=O) groups excluding carboxylic acids is 3. The Bertz CT molecular complexity index is 2290. The number of methoxy groups -OCH3 is 2. The minimum atomic E-state index is -4.81. The molecule has 7 rings (SSSR count). The Hall–Kier alpha value is -5.75. The molecule has 0 atom stereocenters. The number of nitrogens with one attached hydrogen (secondary N) is 3. The fourth-order valence-electron chi connectivity index (χ4n) is 7.14. The minimum Gasteiger partial charge on any atom is -0.495 e. The first-order chi connectivity index (χ1) is 28.3. The van der Waals surface area contributed by atoms with Crippen LogP contribution in [0, 0.1) is 11.6 Å². The minimum absolute atomic E-state index is 0.0937. The summed E-state index contributed by atoms with van der Waals surface area (Å²) in [6.07, 6.45) is -8.15. The van der Waals surface area contributed by atoms with Crippen LogP contribution in [0.25, 0.3) is 0 Å². The van der Waals surface area contributed by atoms with Crippen LogP contribution in [-0.2, 0) is 65.5 Å². The molecular formula is C42H40F8N4O6. The van der Waals surface area contributed by atoms with Crippen LogP contribution in [-0.4, -0.2) is 60.6 Å². The second-order valence-electron chi connectivity index (χ2n) is 14.6. The maximum atomic E-state index is 13.8. The predicted octanol–water partition coefficient (Wildman–Crippen LogP) is 7.12. The van der Waals surface area contributed by atoms with Crippen molar-refractivity contribution < 1.29 is 64.1 Å². The third-order valence-corrected chi connectivity index (χ3v) is 10.4. The molecule has 0 aromatic heterocycles. The van der Waals surface area contributed by atoms with Crippen molar-refractivity contribution in [3.63, 3.8) is 0 Å². The molecule has 1 fully saturated rings. The Balaban J connectivity index is 0.000000205. The number of amides is 3. The normalized spacial score (nSPS) is 15.4. The standard InChI is InChI=1S/C23H22F4N2O4.C19H18F4N2O2/c1-33-18-5-3-14-12-29(21(31)22(32)7-8-22)9-6-15(14)20(18)28-19(30)11-13-2-4-16(17(24)10-13)23(25,26)27;1-27-16-5-3-12-10-24-7-6-13(12)18(16)25-17(26)9-11-2-4-14(15(20)8-11)19(21,22)23/h2-5,10,32H,6-9,11-12H2,1H3,(H,28,30);2-5,8,24H,6-7,9-10H2,1H3,(H,25,26). The van der Waals surface area contributed by atoms with Gasteiger partial charge in [-0.2, -0.15) is 26.3 Å². The topological polar surface area (TPSA) is 129 Å². The van der Waals surface area contributed by atoms with Gasteiger partial charge in [-0.25, -0.2) is 8.78 Å². The zero-order valence-electron chi connectivity index (χ0n) is 32.3. The van der Waals surface area contributed by atoms with Crippen LogP contribution in [0.3, 0.4) is 0 Å². The van der Waals surface area contributed by atoms with Crippen molar-refractivity contribution in [3.05, 3.63) is 117 Å². The SMILES string of the molecule is COc1ccc2c(c1NC(=O)Cc1ccc(C(F)(F)F)c(F)c1)CCN(C(=O)C1(O)CC1)C2.COc1ccc2c(c1NC(=O)Cc1ccc(C(F)(F)F)c(F)c1)CCNC2. The van der Waals surface area contributed by atoms with Crippen LogP contribution < -0.4 is 25.4 Å². The van der Waals surface area contributed by atoms with Crippen molar-refractivity contribution in [2.24, 2.45) is 0 Å². The number of hydrogen-bond donors (Lipinski definition) is 4. The summed E-state index contributed by atoms with van der Waals surface area (Å²) in [6, 6.07) is 12.0. The van der Waals surface area contributed by atoms with Crippen LogP contribution in [0.4, 0.5) is 46.5 Å². The molecule has 4 aromatic carbocycles. The summed E-state index contributed by atoms with van der Waals surface area (Å²) in [7, 11) is 2.92. The molecule has 1 saturated carbocycles. The van der Waals surface area contributed by atoms with E-state index in [2.05, 4.69) is 16.0 Å². The summed E-state index contributed by atoms with van der Waals surface area (Å²) in [4.78, 5) is 39.1. The van der Waals surface area contributed by atoms with Crippen LogP contribution >= 0.6 is 0 Å². The lowest BCUT2D eigenvalue weighted by atomic mass is 9.96. The number of aliphatic hydroxyl groups is 1. The molecule has 4 aromatic rings. The van der Waals surface area contributed by atoms with Gasteiger partial charge in [0.15, 0.2) is 0 Å². The zero-order valence-corrected chi connectivity index (χ0v) is 32.3. The number of fused-ring (bicyclic) bond motifs is 2. The smallest absolute Gasteiger partial charge is 0.419 e. The summed E-state index contributed by atoms with van der Waals surface area (Å²) in [6.45, 7) is 2.06. The Kier molecular flexibility index (Phi) is 12.8. The zero-order chi connectivity index (χ0) is 43.6. The number of nitrogens with zero attached hydrogens (tertiary/aromatic N) is 1. The van der Waals surface area contributed by atoms with Crippen LogP contribution in [0.5, 0.6) is 11.5 Å². The molecule has 4 N–H and O–H groups in total. The van der Waals surface area contributed by atoms with Crippen molar-refractivity contribution in [1.29, 1.82) is 0 Å². The van der Waals surface area contributed by atoms with Crippen molar-refractivity contribution in [2.45, 2.75) is 69.6 Å². The summed E-state index contributed by atoms with van der Waals surface area (Å²) < 4.78 is 114. The van der Waals surface area contributed by atoms with E-state index in [-0.39, 0.29) is 36.4 Å². The van der Waals surface area contributed by atoms with Crippen LogP contribution in [0.15, 0.2) is 60.7 Å². The van der Waals surface area contributed by atoms with Crippen LogP contribution in [0.2, 0.25) is 0 Å². The summed E-state index contributed by atoms with van der Waals surface area (Å²) in [5.74, 6) is -3.26. The lowest BCUT2D eigenvalue weighted by Crippen LogP contribution is -2.43. The molecule has 0 unspecified atom stereocenters. The van der Waals surface area contributed by atoms with Gasteiger partial charge in [-0.05, 0) is 102 Å². The highest BCUT2D eigenvalue weighted by molar-refractivity contribution is 5.96. The van der Waals surface area contributed by atoms with Gasteiger partial charge in [0.2, 0.25) is 11.8 Å². The first-order valence-corrected chi connectivity index (χ1v) is 18.7. The fraction of sp³-hybridized carbons (Fsp3) is 0.357. The molecule has 1 aliphatic carbocycles. The van der Waals surface area contributed by atoms with Gasteiger partial charge in [0.1, 0.15) is 28.7 Å². The molecule has 0 bridgehead atoms. The molecule has 3 aliphatic rings. The number of halogens is 8. The highest BCUT2D eigenvalue weighted by atomic mass is 19.4. The lowest BCUT2D eigenvalue weighted by molar-refractivity contribution is -0.143. The van der Waals surface area contributed by atoms with Crippen LogP contribution in [0.1, 0.15) is 57.3 Å². The molecule has 2 heterocycles. The second kappa shape index (κ2) is 17.5. The van der Waals surface area contributed by atoms with E-state index in [0.717, 1.165) is 47.0 Å². The van der Waals surface area contributed by atoms with Crippen molar-refractivity contribution in [2.75, 3.05) is 37.9 Å². The lowest BCUT2D eigenvalue weighted by Gasteiger charge is -2.32. The predicted molar refractivity (Wildman–Crippen MR) is 202 cm³/mol. The van der Waals surface area contributed by atoms with E-state index in [9.17, 15) is 54.6 Å². The Morgan fingerprint density at radius 2 is 1.22 bits per heavy atom. The first-order valence-electron chi connectivity index (χ1n) is 18.7. The Morgan fingerprint density at radius 3 is 1.67 bits per heavy atom. The van der Waals surface area contributed by atoms with Crippen molar-refractivity contribution >= 4 is 29.1 Å². The van der Waals surface area contributed by atoms with Crippen molar-refractivity contribution in [3.8, 4) is 11.5 Å². The fourth-order valence-corrected chi connectivity index (χ4v) is 7.14.